The minimum Gasteiger partial charge on any atom is -0.382 e. The van der Waals surface area contributed by atoms with Crippen LogP contribution in [0.5, 0.6) is 0 Å². The Bertz CT molecular complexity index is 118. The first kappa shape index (κ1) is 21.2. The van der Waals surface area contributed by atoms with Gasteiger partial charge in [0, 0.05) is 13.2 Å². The molecule has 0 aliphatic carbocycles. The van der Waals surface area contributed by atoms with Gasteiger partial charge < -0.3 is 16.2 Å². The predicted molar refractivity (Wildman–Crippen MR) is 86.4 cm³/mol. The van der Waals surface area contributed by atoms with Crippen molar-refractivity contribution in [3.05, 3.63) is 0 Å². The van der Waals surface area contributed by atoms with E-state index in [1.807, 2.05) is 6.92 Å². The molecule has 0 bridgehead atoms. The van der Waals surface area contributed by atoms with Crippen LogP contribution in [0.15, 0.2) is 0 Å². The van der Waals surface area contributed by atoms with Gasteiger partial charge in [0.2, 0.25) is 0 Å². The molecule has 0 aromatic carbocycles. The van der Waals surface area contributed by atoms with Crippen LogP contribution in [0.3, 0.4) is 0 Å². The predicted octanol–water partition coefficient (Wildman–Crippen LogP) is 3.85. The first-order valence-electron chi connectivity index (χ1n) is 8.31. The molecule has 0 aliphatic rings. The number of hydrogen-bond acceptors (Lipinski definition) is 3. The Balaban J connectivity index is 0. The maximum absolute atomic E-state index is 5.41. The lowest BCUT2D eigenvalue weighted by atomic mass is 10.1. The summed E-state index contributed by atoms with van der Waals surface area (Å²) in [7, 11) is 0. The second-order valence-electron chi connectivity index (χ2n) is 4.96. The summed E-state index contributed by atoms with van der Waals surface area (Å²) in [6.07, 6.45) is 13.4. The second-order valence-corrected chi connectivity index (χ2v) is 4.96. The highest BCUT2D eigenvalue weighted by atomic mass is 16.5. The van der Waals surface area contributed by atoms with Crippen molar-refractivity contribution in [2.75, 3.05) is 26.3 Å². The molecule has 0 atom stereocenters. The summed E-state index contributed by atoms with van der Waals surface area (Å²) in [4.78, 5) is 0. The van der Waals surface area contributed by atoms with Crippen LogP contribution in [0.2, 0.25) is 0 Å². The van der Waals surface area contributed by atoms with Gasteiger partial charge >= 0.3 is 0 Å². The minimum absolute atomic E-state index is 0.736. The Kier molecular flexibility index (Phi) is 25.7. The van der Waals surface area contributed by atoms with Crippen molar-refractivity contribution in [1.82, 2.24) is 0 Å². The maximum atomic E-state index is 5.41. The molecule has 0 rings (SSSR count). The molecule has 0 amide bonds. The second kappa shape index (κ2) is 23.0. The van der Waals surface area contributed by atoms with Crippen molar-refractivity contribution >= 4 is 0 Å². The van der Waals surface area contributed by atoms with Gasteiger partial charge in [-0.15, -0.1) is 0 Å². The normalized spacial score (nSPS) is 10.1. The van der Waals surface area contributed by atoms with E-state index in [0.29, 0.717) is 0 Å². The van der Waals surface area contributed by atoms with Crippen molar-refractivity contribution in [3.8, 4) is 0 Å². The highest BCUT2D eigenvalue weighted by Crippen LogP contribution is 2.08. The smallest absolute Gasteiger partial charge is 0.0477 e. The molecule has 3 nitrogen and oxygen atoms in total. The zero-order chi connectivity index (χ0) is 14.6. The summed E-state index contributed by atoms with van der Waals surface area (Å²) in [6.45, 7) is 7.47. The molecule has 3 heteroatoms. The Labute approximate surface area is 121 Å². The molecule has 0 saturated heterocycles. The van der Waals surface area contributed by atoms with E-state index in [-0.39, 0.29) is 0 Å². The summed E-state index contributed by atoms with van der Waals surface area (Å²) >= 11 is 0. The molecule has 0 aliphatic heterocycles. The van der Waals surface area contributed by atoms with Gasteiger partial charge in [0.1, 0.15) is 0 Å². The van der Waals surface area contributed by atoms with E-state index in [1.54, 1.807) is 0 Å². The number of nitrogens with two attached hydrogens (primary N) is 2. The van der Waals surface area contributed by atoms with Crippen LogP contribution in [0.25, 0.3) is 0 Å². The van der Waals surface area contributed by atoms with E-state index >= 15 is 0 Å². The third kappa shape index (κ3) is 27.2. The summed E-state index contributed by atoms with van der Waals surface area (Å²) in [6, 6.07) is 0. The van der Waals surface area contributed by atoms with E-state index in [2.05, 4.69) is 6.92 Å². The van der Waals surface area contributed by atoms with E-state index in [9.17, 15) is 0 Å². The fourth-order valence-corrected chi connectivity index (χ4v) is 1.78. The zero-order valence-electron chi connectivity index (χ0n) is 13.5. The summed E-state index contributed by atoms with van der Waals surface area (Å²) in [5.41, 5.74) is 10.6. The fourth-order valence-electron chi connectivity index (χ4n) is 1.78. The average molecular weight is 274 g/mol. The average Bonchev–Trinajstić information content (AvgIpc) is 2.43. The van der Waals surface area contributed by atoms with Crippen molar-refractivity contribution in [2.45, 2.75) is 78.1 Å². The molecule has 0 aromatic heterocycles. The molecule has 19 heavy (non-hydrogen) atoms. The lowest BCUT2D eigenvalue weighted by molar-refractivity contribution is 0.146. The van der Waals surface area contributed by atoms with Crippen LogP contribution < -0.4 is 11.5 Å². The number of rotatable bonds is 13. The fraction of sp³-hybridized carbons (Fsp3) is 1.00. The largest absolute Gasteiger partial charge is 0.382 e. The van der Waals surface area contributed by atoms with Gasteiger partial charge in [0.15, 0.2) is 0 Å². The maximum Gasteiger partial charge on any atom is 0.0477 e. The van der Waals surface area contributed by atoms with Crippen LogP contribution in [-0.4, -0.2) is 26.3 Å². The Morgan fingerprint density at radius 2 is 1.11 bits per heavy atom. The van der Waals surface area contributed by atoms with Crippen molar-refractivity contribution in [3.63, 3.8) is 0 Å². The highest BCUT2D eigenvalue weighted by Gasteiger charge is 1.90. The van der Waals surface area contributed by atoms with E-state index in [1.165, 1.54) is 57.8 Å². The Morgan fingerprint density at radius 3 is 1.53 bits per heavy atom. The van der Waals surface area contributed by atoms with Crippen LogP contribution in [0.1, 0.15) is 78.1 Å². The van der Waals surface area contributed by atoms with Crippen LogP contribution in [0.4, 0.5) is 0 Å². The van der Waals surface area contributed by atoms with Gasteiger partial charge in [0.05, 0.1) is 0 Å². The van der Waals surface area contributed by atoms with Crippen molar-refractivity contribution < 1.29 is 4.74 Å². The Morgan fingerprint density at radius 1 is 0.632 bits per heavy atom. The Hall–Kier alpha value is -0.120. The molecule has 0 aromatic rings. The monoisotopic (exact) mass is 274 g/mol. The first-order chi connectivity index (χ1) is 9.33. The van der Waals surface area contributed by atoms with Crippen LogP contribution in [0, 0.1) is 0 Å². The van der Waals surface area contributed by atoms with Crippen LogP contribution in [-0.2, 0) is 4.74 Å². The molecular weight excluding hydrogens is 236 g/mol. The van der Waals surface area contributed by atoms with Gasteiger partial charge in [-0.1, -0.05) is 58.3 Å². The molecule has 0 fully saturated rings. The first-order valence-corrected chi connectivity index (χ1v) is 8.31. The highest BCUT2D eigenvalue weighted by molar-refractivity contribution is 4.46. The van der Waals surface area contributed by atoms with Gasteiger partial charge in [0.25, 0.3) is 0 Å². The summed E-state index contributed by atoms with van der Waals surface area (Å²) < 4.78 is 4.99. The number of hydrogen-bond donors (Lipinski definition) is 2. The van der Waals surface area contributed by atoms with Gasteiger partial charge in [-0.2, -0.15) is 0 Å². The molecule has 0 saturated carbocycles. The van der Waals surface area contributed by atoms with E-state index < -0.39 is 0 Å². The third-order valence-corrected chi connectivity index (χ3v) is 3.00. The number of ether oxygens (including phenoxy) is 1. The molecule has 0 radical (unpaired) electrons. The standard InChI is InChI=1S/C11H25N.C5H13NO/c1-2-3-4-5-6-7-8-9-10-11-12;1-2-7-5-3-4-6/h2-12H2,1H3;2-6H2,1H3. The summed E-state index contributed by atoms with van der Waals surface area (Å²) in [5, 5.41) is 0. The SMILES string of the molecule is CCCCCCCCCCCN.CCOCCCN. The van der Waals surface area contributed by atoms with Crippen LogP contribution >= 0.6 is 0 Å². The van der Waals surface area contributed by atoms with E-state index in [4.69, 9.17) is 16.2 Å². The lowest BCUT2D eigenvalue weighted by Gasteiger charge is -1.99. The van der Waals surface area contributed by atoms with Crippen molar-refractivity contribution in [1.29, 1.82) is 0 Å². The van der Waals surface area contributed by atoms with Gasteiger partial charge in [-0.05, 0) is 32.9 Å². The topological polar surface area (TPSA) is 61.3 Å². The van der Waals surface area contributed by atoms with Gasteiger partial charge in [-0.25, -0.2) is 0 Å². The molecule has 0 heterocycles. The molecular formula is C16H38N2O. The molecule has 118 valence electrons. The third-order valence-electron chi connectivity index (χ3n) is 3.00. The lowest BCUT2D eigenvalue weighted by Crippen LogP contribution is -2.03. The summed E-state index contributed by atoms with van der Waals surface area (Å²) in [5.74, 6) is 0. The van der Waals surface area contributed by atoms with E-state index in [0.717, 1.165) is 32.7 Å². The molecule has 0 spiro atoms. The van der Waals surface area contributed by atoms with Gasteiger partial charge in [-0.3, -0.25) is 0 Å². The quantitative estimate of drug-likeness (QED) is 0.501. The molecule has 0 unspecified atom stereocenters. The zero-order valence-corrected chi connectivity index (χ0v) is 13.5. The van der Waals surface area contributed by atoms with Crippen molar-refractivity contribution in [2.24, 2.45) is 11.5 Å². The molecule has 4 N–H and O–H groups in total. The minimum atomic E-state index is 0.736. The number of unbranched alkanes of at least 4 members (excludes halogenated alkanes) is 8.